The van der Waals surface area contributed by atoms with Gasteiger partial charge in [-0.2, -0.15) is 0 Å². The van der Waals surface area contributed by atoms with Crippen LogP contribution in [0.2, 0.25) is 0 Å². The number of ether oxygens (including phenoxy) is 1. The third-order valence-electron chi connectivity index (χ3n) is 2.26. The number of carbonyl (C=O) groups is 1. The Kier molecular flexibility index (Phi) is 5.53. The van der Waals surface area contributed by atoms with E-state index < -0.39 is 6.10 Å². The first-order valence-corrected chi connectivity index (χ1v) is 5.35. The summed E-state index contributed by atoms with van der Waals surface area (Å²) in [6, 6.07) is 9.42. The molecule has 0 aliphatic carbocycles. The molecule has 1 aromatic rings. The number of nitrogens with two attached hydrogens (primary N) is 1. The van der Waals surface area contributed by atoms with Crippen molar-refractivity contribution in [3.8, 4) is 0 Å². The zero-order valence-corrected chi connectivity index (χ0v) is 9.48. The van der Waals surface area contributed by atoms with Crippen LogP contribution in [0.4, 0.5) is 0 Å². The predicted molar refractivity (Wildman–Crippen MR) is 62.9 cm³/mol. The molecule has 0 saturated carbocycles. The Balaban J connectivity index is 2.57. The first-order chi connectivity index (χ1) is 7.79. The molecule has 1 atom stereocenters. The molecule has 3 N–H and O–H groups in total. The van der Waals surface area contributed by atoms with E-state index in [0.29, 0.717) is 13.1 Å². The van der Waals surface area contributed by atoms with Crippen molar-refractivity contribution in [2.24, 2.45) is 5.73 Å². The highest BCUT2D eigenvalue weighted by atomic mass is 16.5. The number of carbonyl (C=O) groups excluding carboxylic acids is 1. The smallest absolute Gasteiger partial charge is 0.253 e. The normalized spacial score (nSPS) is 12.1. The first-order valence-electron chi connectivity index (χ1n) is 5.35. The Hall–Kier alpha value is -1.39. The second kappa shape index (κ2) is 6.98. The summed E-state index contributed by atoms with van der Waals surface area (Å²) in [5.74, 6) is -0.123. The minimum absolute atomic E-state index is 0.123. The van der Waals surface area contributed by atoms with Gasteiger partial charge in [-0.3, -0.25) is 4.79 Å². The fourth-order valence-corrected chi connectivity index (χ4v) is 1.43. The van der Waals surface area contributed by atoms with Gasteiger partial charge in [0.05, 0.1) is 0 Å². The maximum Gasteiger partial charge on any atom is 0.253 e. The molecule has 1 aromatic carbocycles. The predicted octanol–water partition coefficient (Wildman–Crippen LogP) is 0.839. The molecule has 16 heavy (non-hydrogen) atoms. The summed E-state index contributed by atoms with van der Waals surface area (Å²) in [6.07, 6.45) is 0.232. The highest BCUT2D eigenvalue weighted by Gasteiger charge is 2.18. The van der Waals surface area contributed by atoms with Gasteiger partial charge in [-0.05, 0) is 18.5 Å². The van der Waals surface area contributed by atoms with Gasteiger partial charge < -0.3 is 15.8 Å². The van der Waals surface area contributed by atoms with E-state index in [4.69, 9.17) is 10.5 Å². The highest BCUT2D eigenvalue weighted by molar-refractivity contribution is 5.82. The average molecular weight is 222 g/mol. The minimum Gasteiger partial charge on any atom is -0.367 e. The fourth-order valence-electron chi connectivity index (χ4n) is 1.43. The molecule has 1 unspecified atom stereocenters. The van der Waals surface area contributed by atoms with Crippen LogP contribution in [-0.4, -0.2) is 26.1 Å². The van der Waals surface area contributed by atoms with E-state index >= 15 is 0 Å². The number of amides is 1. The Bertz CT molecular complexity index is 314. The lowest BCUT2D eigenvalue weighted by molar-refractivity contribution is -0.131. The monoisotopic (exact) mass is 222 g/mol. The van der Waals surface area contributed by atoms with Crippen molar-refractivity contribution in [3.05, 3.63) is 35.9 Å². The summed E-state index contributed by atoms with van der Waals surface area (Å²) in [7, 11) is 1.53. The molecular formula is C12H18N2O2. The Morgan fingerprint density at radius 3 is 2.69 bits per heavy atom. The molecule has 0 aliphatic heterocycles. The minimum atomic E-state index is -0.543. The van der Waals surface area contributed by atoms with Crippen LogP contribution in [-0.2, 0) is 9.53 Å². The van der Waals surface area contributed by atoms with E-state index in [9.17, 15) is 4.79 Å². The molecule has 4 heteroatoms. The summed E-state index contributed by atoms with van der Waals surface area (Å²) < 4.78 is 5.19. The zero-order valence-electron chi connectivity index (χ0n) is 9.48. The lowest BCUT2D eigenvalue weighted by Gasteiger charge is -2.15. The van der Waals surface area contributed by atoms with Gasteiger partial charge in [0.25, 0.3) is 5.91 Å². The van der Waals surface area contributed by atoms with Crippen LogP contribution >= 0.6 is 0 Å². The second-order valence-electron chi connectivity index (χ2n) is 3.46. The van der Waals surface area contributed by atoms with Gasteiger partial charge in [0.2, 0.25) is 0 Å². The maximum absolute atomic E-state index is 11.8. The zero-order chi connectivity index (χ0) is 11.8. The molecule has 0 aliphatic rings. The summed E-state index contributed by atoms with van der Waals surface area (Å²) >= 11 is 0. The molecular weight excluding hydrogens is 204 g/mol. The summed E-state index contributed by atoms with van der Waals surface area (Å²) in [6.45, 7) is 1.16. The van der Waals surface area contributed by atoms with Crippen molar-refractivity contribution < 1.29 is 9.53 Å². The number of hydrogen-bond acceptors (Lipinski definition) is 3. The largest absolute Gasteiger partial charge is 0.367 e. The Morgan fingerprint density at radius 2 is 2.12 bits per heavy atom. The van der Waals surface area contributed by atoms with Gasteiger partial charge in [-0.1, -0.05) is 30.3 Å². The number of benzene rings is 1. The highest BCUT2D eigenvalue weighted by Crippen LogP contribution is 2.15. The topological polar surface area (TPSA) is 64.3 Å². The van der Waals surface area contributed by atoms with Crippen LogP contribution in [0.1, 0.15) is 18.1 Å². The van der Waals surface area contributed by atoms with Crippen LogP contribution in [0, 0.1) is 0 Å². The number of rotatable bonds is 6. The maximum atomic E-state index is 11.8. The standard InChI is InChI=1S/C12H18N2O2/c1-16-11(10-6-3-2-4-7-10)12(15)14-9-5-8-13/h2-4,6-7,11H,5,8-9,13H2,1H3,(H,14,15). The number of methoxy groups -OCH3 is 1. The molecule has 1 amide bonds. The van der Waals surface area contributed by atoms with Crippen LogP contribution in [0.25, 0.3) is 0 Å². The third kappa shape index (κ3) is 3.64. The third-order valence-corrected chi connectivity index (χ3v) is 2.26. The van der Waals surface area contributed by atoms with Gasteiger partial charge >= 0.3 is 0 Å². The Morgan fingerprint density at radius 1 is 1.44 bits per heavy atom. The summed E-state index contributed by atoms with van der Waals surface area (Å²) in [4.78, 5) is 11.8. The van der Waals surface area contributed by atoms with Crippen molar-refractivity contribution in [2.45, 2.75) is 12.5 Å². The van der Waals surface area contributed by atoms with Crippen LogP contribution in [0.15, 0.2) is 30.3 Å². The van der Waals surface area contributed by atoms with Crippen LogP contribution in [0.5, 0.6) is 0 Å². The van der Waals surface area contributed by atoms with Crippen LogP contribution in [0.3, 0.4) is 0 Å². The molecule has 88 valence electrons. The van der Waals surface area contributed by atoms with Gasteiger partial charge in [0.1, 0.15) is 0 Å². The Labute approximate surface area is 95.8 Å². The summed E-state index contributed by atoms with van der Waals surface area (Å²) in [5, 5.41) is 2.79. The molecule has 0 saturated heterocycles. The van der Waals surface area contributed by atoms with Gasteiger partial charge in [-0.15, -0.1) is 0 Å². The molecule has 0 radical (unpaired) electrons. The molecule has 1 rings (SSSR count). The lowest BCUT2D eigenvalue weighted by Crippen LogP contribution is -2.31. The van der Waals surface area contributed by atoms with E-state index in [1.165, 1.54) is 7.11 Å². The SMILES string of the molecule is COC(C(=O)NCCCN)c1ccccc1. The average Bonchev–Trinajstić information content (AvgIpc) is 2.32. The van der Waals surface area contributed by atoms with E-state index in [0.717, 1.165) is 12.0 Å². The lowest BCUT2D eigenvalue weighted by atomic mass is 10.1. The molecule has 4 nitrogen and oxygen atoms in total. The van der Waals surface area contributed by atoms with Crippen molar-refractivity contribution in [1.82, 2.24) is 5.32 Å². The molecule has 0 spiro atoms. The van der Waals surface area contributed by atoms with Crippen LogP contribution < -0.4 is 11.1 Å². The first kappa shape index (κ1) is 12.7. The molecule has 0 heterocycles. The number of nitrogens with one attached hydrogen (secondary N) is 1. The van der Waals surface area contributed by atoms with Crippen molar-refractivity contribution in [1.29, 1.82) is 0 Å². The number of hydrogen-bond donors (Lipinski definition) is 2. The quantitative estimate of drug-likeness (QED) is 0.701. The molecule has 0 bridgehead atoms. The second-order valence-corrected chi connectivity index (χ2v) is 3.46. The van der Waals surface area contributed by atoms with Gasteiger partial charge in [-0.25, -0.2) is 0 Å². The fraction of sp³-hybridized carbons (Fsp3) is 0.417. The van der Waals surface area contributed by atoms with Crippen molar-refractivity contribution in [2.75, 3.05) is 20.2 Å². The van der Waals surface area contributed by atoms with E-state index in [2.05, 4.69) is 5.32 Å². The summed E-state index contributed by atoms with van der Waals surface area (Å²) in [5.41, 5.74) is 6.21. The van der Waals surface area contributed by atoms with Gasteiger partial charge in [0, 0.05) is 13.7 Å². The van der Waals surface area contributed by atoms with Gasteiger partial charge in [0.15, 0.2) is 6.10 Å². The molecule has 0 aromatic heterocycles. The van der Waals surface area contributed by atoms with E-state index in [1.54, 1.807) is 0 Å². The molecule has 0 fully saturated rings. The van der Waals surface area contributed by atoms with E-state index in [-0.39, 0.29) is 5.91 Å². The van der Waals surface area contributed by atoms with Crippen molar-refractivity contribution in [3.63, 3.8) is 0 Å². The van der Waals surface area contributed by atoms with E-state index in [1.807, 2.05) is 30.3 Å². The van der Waals surface area contributed by atoms with Crippen molar-refractivity contribution >= 4 is 5.91 Å².